The molecule has 0 spiro atoms. The Morgan fingerprint density at radius 2 is 1.80 bits per heavy atom. The molecule has 0 aliphatic carbocycles. The fraction of sp³-hybridized carbons (Fsp3) is 0.105. The first kappa shape index (κ1) is 20.7. The maximum atomic E-state index is 13.4. The summed E-state index contributed by atoms with van der Waals surface area (Å²) in [6.07, 6.45) is -3.39. The molecule has 0 fully saturated rings. The second-order valence-corrected chi connectivity index (χ2v) is 6.04. The molecule has 3 aromatic rings. The Kier molecular flexibility index (Phi) is 5.37. The summed E-state index contributed by atoms with van der Waals surface area (Å²) in [6.45, 7) is 0. The van der Waals surface area contributed by atoms with E-state index in [4.69, 9.17) is 20.9 Å². The van der Waals surface area contributed by atoms with Gasteiger partial charge in [0.15, 0.2) is 0 Å². The van der Waals surface area contributed by atoms with Gasteiger partial charge in [-0.05, 0) is 30.3 Å². The van der Waals surface area contributed by atoms with Gasteiger partial charge in [0.25, 0.3) is 5.91 Å². The molecule has 0 aliphatic rings. The SMILES string of the molecule is COc1cc2nccc(Oc3ccc(NC(N)=O)c(C(F)(F)F)c3)c2cc1C(N)=O. The van der Waals surface area contributed by atoms with Gasteiger partial charge in [0, 0.05) is 17.6 Å². The van der Waals surface area contributed by atoms with Gasteiger partial charge in [-0.2, -0.15) is 13.2 Å². The van der Waals surface area contributed by atoms with Crippen LogP contribution >= 0.6 is 0 Å². The standard InChI is InChI=1S/C19H15F3N4O4/c1-29-16-8-14-10(7-11(16)17(23)27)15(4-5-25-14)30-9-2-3-13(26-18(24)28)12(6-9)19(20,21)22/h2-8H,1H3,(H2,23,27)(H3,24,26,28). The molecule has 11 heteroatoms. The van der Waals surface area contributed by atoms with E-state index in [1.807, 2.05) is 5.32 Å². The number of anilines is 1. The van der Waals surface area contributed by atoms with Gasteiger partial charge in [-0.3, -0.25) is 9.78 Å². The minimum Gasteiger partial charge on any atom is -0.496 e. The molecule has 30 heavy (non-hydrogen) atoms. The quantitative estimate of drug-likeness (QED) is 0.580. The van der Waals surface area contributed by atoms with Crippen molar-refractivity contribution in [1.29, 1.82) is 0 Å². The smallest absolute Gasteiger partial charge is 0.418 e. The molecule has 0 saturated heterocycles. The zero-order valence-electron chi connectivity index (χ0n) is 15.4. The molecule has 2 aromatic carbocycles. The van der Waals surface area contributed by atoms with E-state index in [2.05, 4.69) is 4.98 Å². The Balaban J connectivity index is 2.09. The highest BCUT2D eigenvalue weighted by molar-refractivity contribution is 6.01. The first-order valence-electron chi connectivity index (χ1n) is 8.32. The van der Waals surface area contributed by atoms with Crippen LogP contribution in [0, 0.1) is 0 Å². The summed E-state index contributed by atoms with van der Waals surface area (Å²) < 4.78 is 50.9. The number of pyridine rings is 1. The molecule has 0 saturated carbocycles. The zero-order chi connectivity index (χ0) is 22.1. The lowest BCUT2D eigenvalue weighted by Crippen LogP contribution is -2.22. The summed E-state index contributed by atoms with van der Waals surface area (Å²) in [4.78, 5) is 26.8. The number of nitrogens with two attached hydrogens (primary N) is 2. The van der Waals surface area contributed by atoms with Crippen molar-refractivity contribution in [2.45, 2.75) is 6.18 Å². The summed E-state index contributed by atoms with van der Waals surface area (Å²) in [5, 5.41) is 2.25. The average molecular weight is 420 g/mol. The first-order chi connectivity index (χ1) is 14.1. The van der Waals surface area contributed by atoms with Gasteiger partial charge < -0.3 is 26.3 Å². The van der Waals surface area contributed by atoms with Gasteiger partial charge in [-0.1, -0.05) is 0 Å². The average Bonchev–Trinajstić information content (AvgIpc) is 2.67. The maximum absolute atomic E-state index is 13.4. The van der Waals surface area contributed by atoms with Gasteiger partial charge in [-0.15, -0.1) is 0 Å². The molecule has 5 N–H and O–H groups in total. The summed E-state index contributed by atoms with van der Waals surface area (Å²) in [5.41, 5.74) is 9.05. The number of nitrogens with one attached hydrogen (secondary N) is 1. The number of methoxy groups -OCH3 is 1. The number of hydrogen-bond donors (Lipinski definition) is 3. The van der Waals surface area contributed by atoms with Crippen molar-refractivity contribution in [3.05, 3.63) is 53.7 Å². The van der Waals surface area contributed by atoms with E-state index in [0.29, 0.717) is 10.9 Å². The number of amides is 3. The summed E-state index contributed by atoms with van der Waals surface area (Å²) >= 11 is 0. The van der Waals surface area contributed by atoms with E-state index in [-0.39, 0.29) is 22.8 Å². The number of nitrogens with zero attached hydrogens (tertiary/aromatic N) is 1. The molecule has 0 atom stereocenters. The largest absolute Gasteiger partial charge is 0.496 e. The van der Waals surface area contributed by atoms with Crippen molar-refractivity contribution in [3.8, 4) is 17.2 Å². The number of hydrogen-bond acceptors (Lipinski definition) is 5. The van der Waals surface area contributed by atoms with Gasteiger partial charge in [0.2, 0.25) is 0 Å². The minimum atomic E-state index is -4.77. The Hall–Kier alpha value is -4.02. The summed E-state index contributed by atoms with van der Waals surface area (Å²) in [6, 6.07) is 6.09. The van der Waals surface area contributed by atoms with E-state index in [0.717, 1.165) is 12.1 Å². The number of carbonyl (C=O) groups is 2. The zero-order valence-corrected chi connectivity index (χ0v) is 15.4. The topological polar surface area (TPSA) is 130 Å². The lowest BCUT2D eigenvalue weighted by atomic mass is 10.1. The van der Waals surface area contributed by atoms with E-state index in [1.165, 1.54) is 37.6 Å². The fourth-order valence-electron chi connectivity index (χ4n) is 2.79. The molecule has 0 bridgehead atoms. The van der Waals surface area contributed by atoms with Crippen LogP contribution in [-0.4, -0.2) is 24.0 Å². The van der Waals surface area contributed by atoms with Crippen molar-refractivity contribution in [1.82, 2.24) is 4.98 Å². The van der Waals surface area contributed by atoms with Crippen molar-refractivity contribution in [2.75, 3.05) is 12.4 Å². The highest BCUT2D eigenvalue weighted by Crippen LogP contribution is 2.39. The van der Waals surface area contributed by atoms with Gasteiger partial charge in [-0.25, -0.2) is 4.79 Å². The van der Waals surface area contributed by atoms with Gasteiger partial charge >= 0.3 is 12.2 Å². The van der Waals surface area contributed by atoms with Gasteiger partial charge in [0.05, 0.1) is 29.4 Å². The fourth-order valence-corrected chi connectivity index (χ4v) is 2.79. The number of aromatic nitrogens is 1. The number of rotatable bonds is 5. The van der Waals surface area contributed by atoms with Crippen molar-refractivity contribution in [3.63, 3.8) is 0 Å². The first-order valence-corrected chi connectivity index (χ1v) is 8.32. The third kappa shape index (κ3) is 4.19. The normalized spacial score (nSPS) is 11.2. The monoisotopic (exact) mass is 420 g/mol. The molecule has 0 unspecified atom stereocenters. The molecular weight excluding hydrogens is 405 g/mol. The lowest BCUT2D eigenvalue weighted by Gasteiger charge is -2.16. The van der Waals surface area contributed by atoms with Crippen LogP contribution in [0.3, 0.4) is 0 Å². The van der Waals surface area contributed by atoms with Crippen LogP contribution in [0.15, 0.2) is 42.6 Å². The number of primary amides is 2. The van der Waals surface area contributed by atoms with Crippen LogP contribution in [0.25, 0.3) is 10.9 Å². The van der Waals surface area contributed by atoms with Crippen LogP contribution in [0.2, 0.25) is 0 Å². The number of benzene rings is 2. The Labute approximate surface area is 167 Å². The molecular formula is C19H15F3N4O4. The third-order valence-corrected chi connectivity index (χ3v) is 4.07. The van der Waals surface area contributed by atoms with Crippen LogP contribution in [0.1, 0.15) is 15.9 Å². The molecule has 1 aromatic heterocycles. The number of urea groups is 1. The van der Waals surface area contributed by atoms with E-state index in [1.54, 1.807) is 0 Å². The predicted molar refractivity (Wildman–Crippen MR) is 102 cm³/mol. The highest BCUT2D eigenvalue weighted by Gasteiger charge is 2.34. The molecule has 1 heterocycles. The number of alkyl halides is 3. The van der Waals surface area contributed by atoms with E-state index < -0.39 is 29.4 Å². The van der Waals surface area contributed by atoms with Crippen molar-refractivity contribution >= 4 is 28.5 Å². The molecule has 0 radical (unpaired) electrons. The molecule has 3 rings (SSSR count). The van der Waals surface area contributed by atoms with Gasteiger partial charge in [0.1, 0.15) is 17.2 Å². The lowest BCUT2D eigenvalue weighted by molar-refractivity contribution is -0.137. The van der Waals surface area contributed by atoms with Crippen LogP contribution in [0.4, 0.5) is 23.7 Å². The number of fused-ring (bicyclic) bond motifs is 1. The minimum absolute atomic E-state index is 0.0554. The van der Waals surface area contributed by atoms with Crippen molar-refractivity contribution < 1.29 is 32.2 Å². The number of carbonyl (C=O) groups excluding carboxylic acids is 2. The van der Waals surface area contributed by atoms with Crippen molar-refractivity contribution in [2.24, 2.45) is 11.5 Å². The van der Waals surface area contributed by atoms with Crippen LogP contribution in [0.5, 0.6) is 17.2 Å². The highest BCUT2D eigenvalue weighted by atomic mass is 19.4. The summed E-state index contributed by atoms with van der Waals surface area (Å²) in [7, 11) is 1.36. The Bertz CT molecular complexity index is 1150. The Morgan fingerprint density at radius 1 is 1.07 bits per heavy atom. The second kappa shape index (κ2) is 7.78. The molecule has 8 nitrogen and oxygen atoms in total. The molecule has 3 amide bonds. The maximum Gasteiger partial charge on any atom is 0.418 e. The van der Waals surface area contributed by atoms with E-state index >= 15 is 0 Å². The summed E-state index contributed by atoms with van der Waals surface area (Å²) in [5.74, 6) is -0.596. The molecule has 156 valence electrons. The second-order valence-electron chi connectivity index (χ2n) is 6.04. The number of halogens is 3. The Morgan fingerprint density at radius 3 is 2.40 bits per heavy atom. The molecule has 0 aliphatic heterocycles. The van der Waals surface area contributed by atoms with Crippen LogP contribution in [-0.2, 0) is 6.18 Å². The third-order valence-electron chi connectivity index (χ3n) is 4.07. The predicted octanol–water partition coefficient (Wildman–Crippen LogP) is 3.64. The number of ether oxygens (including phenoxy) is 2. The van der Waals surface area contributed by atoms with Crippen LogP contribution < -0.4 is 26.3 Å². The van der Waals surface area contributed by atoms with E-state index in [9.17, 15) is 22.8 Å².